The van der Waals surface area contributed by atoms with Crippen LogP contribution in [0.25, 0.3) is 0 Å². The van der Waals surface area contributed by atoms with Crippen LogP contribution in [0.3, 0.4) is 0 Å². The highest BCUT2D eigenvalue weighted by Crippen LogP contribution is 2.13. The molecule has 3 N–H and O–H groups in total. The summed E-state index contributed by atoms with van der Waals surface area (Å²) < 4.78 is 0. The molecule has 0 aliphatic heterocycles. The SMILES string of the molecule is CCNC(=NCCCC(=O)Nc1ccc(Cl)cc1)NCCc1ncc(C)s1. The summed E-state index contributed by atoms with van der Waals surface area (Å²) in [6, 6.07) is 7.08. The largest absolute Gasteiger partial charge is 0.357 e. The molecule has 0 unspecified atom stereocenters. The van der Waals surface area contributed by atoms with Gasteiger partial charge < -0.3 is 16.0 Å². The number of benzene rings is 1. The number of aliphatic imine (C=N–C) groups is 1. The van der Waals surface area contributed by atoms with E-state index in [4.69, 9.17) is 11.6 Å². The Labute approximate surface area is 169 Å². The average molecular weight is 408 g/mol. The zero-order valence-corrected chi connectivity index (χ0v) is 17.3. The molecule has 0 saturated carbocycles. The molecule has 1 heterocycles. The first kappa shape index (κ1) is 21.2. The second-order valence-electron chi connectivity index (χ2n) is 5.96. The maximum Gasteiger partial charge on any atom is 0.224 e. The number of rotatable bonds is 9. The van der Waals surface area contributed by atoms with Gasteiger partial charge in [0.15, 0.2) is 5.96 Å². The van der Waals surface area contributed by atoms with E-state index in [0.717, 1.165) is 36.2 Å². The van der Waals surface area contributed by atoms with Crippen molar-refractivity contribution in [2.75, 3.05) is 25.0 Å². The third kappa shape index (κ3) is 8.41. The van der Waals surface area contributed by atoms with Crippen molar-refractivity contribution in [1.82, 2.24) is 15.6 Å². The molecular weight excluding hydrogens is 382 g/mol. The van der Waals surface area contributed by atoms with E-state index in [0.29, 0.717) is 24.4 Å². The van der Waals surface area contributed by atoms with Gasteiger partial charge in [-0.15, -0.1) is 11.3 Å². The minimum absolute atomic E-state index is 0.0235. The minimum atomic E-state index is -0.0235. The Bertz CT molecular complexity index is 745. The number of halogens is 1. The van der Waals surface area contributed by atoms with Crippen LogP contribution in [0, 0.1) is 6.92 Å². The number of nitrogens with zero attached hydrogens (tertiary/aromatic N) is 2. The molecule has 0 fully saturated rings. The standard InChI is InChI=1S/C19H26ClN5OS/c1-3-21-19(23-12-10-18-24-13-14(2)27-18)22-11-4-5-17(26)25-16-8-6-15(20)7-9-16/h6-9,13H,3-5,10-12H2,1-2H3,(H,25,26)(H2,21,22,23). The topological polar surface area (TPSA) is 78.4 Å². The van der Waals surface area contributed by atoms with E-state index in [9.17, 15) is 4.79 Å². The maximum absolute atomic E-state index is 12.0. The summed E-state index contributed by atoms with van der Waals surface area (Å²) in [4.78, 5) is 22.1. The molecule has 0 bridgehead atoms. The molecule has 2 rings (SSSR count). The van der Waals surface area contributed by atoms with Gasteiger partial charge in [0.05, 0.1) is 5.01 Å². The summed E-state index contributed by atoms with van der Waals surface area (Å²) >= 11 is 7.55. The molecule has 0 aliphatic carbocycles. The average Bonchev–Trinajstić information content (AvgIpc) is 3.06. The van der Waals surface area contributed by atoms with Gasteiger partial charge in [0.25, 0.3) is 0 Å². The third-order valence-electron chi connectivity index (χ3n) is 3.60. The molecule has 8 heteroatoms. The monoisotopic (exact) mass is 407 g/mol. The van der Waals surface area contributed by atoms with Crippen LogP contribution in [0.5, 0.6) is 0 Å². The van der Waals surface area contributed by atoms with Crippen molar-refractivity contribution in [1.29, 1.82) is 0 Å². The molecule has 1 aromatic heterocycles. The number of hydrogen-bond donors (Lipinski definition) is 3. The predicted octanol–water partition coefficient (Wildman–Crippen LogP) is 3.62. The van der Waals surface area contributed by atoms with Gasteiger partial charge in [-0.25, -0.2) is 4.98 Å². The Morgan fingerprint density at radius 1 is 1.26 bits per heavy atom. The normalized spacial score (nSPS) is 11.3. The van der Waals surface area contributed by atoms with Crippen LogP contribution in [0.4, 0.5) is 5.69 Å². The zero-order chi connectivity index (χ0) is 19.5. The lowest BCUT2D eigenvalue weighted by molar-refractivity contribution is -0.116. The molecule has 6 nitrogen and oxygen atoms in total. The Morgan fingerprint density at radius 2 is 2.04 bits per heavy atom. The first-order valence-electron chi connectivity index (χ1n) is 9.05. The summed E-state index contributed by atoms with van der Waals surface area (Å²) in [7, 11) is 0. The number of hydrogen-bond acceptors (Lipinski definition) is 4. The molecule has 0 saturated heterocycles. The van der Waals surface area contributed by atoms with Gasteiger partial charge in [0.2, 0.25) is 5.91 Å². The summed E-state index contributed by atoms with van der Waals surface area (Å²) in [6.07, 6.45) is 3.87. The number of aromatic nitrogens is 1. The van der Waals surface area contributed by atoms with Crippen molar-refractivity contribution < 1.29 is 4.79 Å². The van der Waals surface area contributed by atoms with E-state index in [2.05, 4.69) is 32.9 Å². The number of guanidine groups is 1. The highest BCUT2D eigenvalue weighted by Gasteiger charge is 2.03. The highest BCUT2D eigenvalue weighted by atomic mass is 35.5. The van der Waals surface area contributed by atoms with E-state index in [-0.39, 0.29) is 5.91 Å². The maximum atomic E-state index is 12.0. The van der Waals surface area contributed by atoms with Crippen LogP contribution in [-0.4, -0.2) is 36.5 Å². The van der Waals surface area contributed by atoms with E-state index in [1.807, 2.05) is 13.1 Å². The molecule has 2 aromatic rings. The first-order chi connectivity index (χ1) is 13.1. The predicted molar refractivity (Wildman–Crippen MR) is 114 cm³/mol. The van der Waals surface area contributed by atoms with Crippen LogP contribution >= 0.6 is 22.9 Å². The second kappa shape index (κ2) is 11.6. The summed E-state index contributed by atoms with van der Waals surface area (Å²) in [5, 5.41) is 11.1. The molecular formula is C19H26ClN5OS. The van der Waals surface area contributed by atoms with E-state index in [1.54, 1.807) is 35.6 Å². The molecule has 0 aliphatic rings. The van der Waals surface area contributed by atoms with Crippen LogP contribution in [0.1, 0.15) is 29.7 Å². The summed E-state index contributed by atoms with van der Waals surface area (Å²) in [5.74, 6) is 0.744. The third-order valence-corrected chi connectivity index (χ3v) is 4.83. The van der Waals surface area contributed by atoms with Crippen molar-refractivity contribution >= 4 is 40.5 Å². The Kier molecular flexibility index (Phi) is 9.07. The van der Waals surface area contributed by atoms with Gasteiger partial charge in [-0.05, 0) is 44.5 Å². The number of aryl methyl sites for hydroxylation is 1. The molecule has 146 valence electrons. The van der Waals surface area contributed by atoms with Gasteiger partial charge in [-0.3, -0.25) is 9.79 Å². The quantitative estimate of drug-likeness (QED) is 0.337. The van der Waals surface area contributed by atoms with Crippen LogP contribution in [0.15, 0.2) is 35.5 Å². The van der Waals surface area contributed by atoms with Gasteiger partial charge in [-0.2, -0.15) is 0 Å². The van der Waals surface area contributed by atoms with Crippen LogP contribution in [-0.2, 0) is 11.2 Å². The molecule has 27 heavy (non-hydrogen) atoms. The Balaban J connectivity index is 1.68. The fourth-order valence-electron chi connectivity index (χ4n) is 2.33. The fraction of sp³-hybridized carbons (Fsp3) is 0.421. The lowest BCUT2D eigenvalue weighted by atomic mass is 10.2. The lowest BCUT2D eigenvalue weighted by Gasteiger charge is -2.10. The number of nitrogens with one attached hydrogen (secondary N) is 3. The smallest absolute Gasteiger partial charge is 0.224 e. The summed E-state index contributed by atoms with van der Waals surface area (Å²) in [6.45, 7) is 6.24. The molecule has 0 radical (unpaired) electrons. The van der Waals surface area contributed by atoms with E-state index < -0.39 is 0 Å². The van der Waals surface area contributed by atoms with Crippen LogP contribution in [0.2, 0.25) is 5.02 Å². The number of anilines is 1. The van der Waals surface area contributed by atoms with E-state index in [1.165, 1.54) is 4.88 Å². The van der Waals surface area contributed by atoms with Gasteiger partial charge >= 0.3 is 0 Å². The molecule has 1 amide bonds. The number of thiazole rings is 1. The number of carbonyl (C=O) groups excluding carboxylic acids is 1. The fourth-order valence-corrected chi connectivity index (χ4v) is 3.25. The summed E-state index contributed by atoms with van der Waals surface area (Å²) in [5.41, 5.74) is 0.750. The molecule has 1 aromatic carbocycles. The zero-order valence-electron chi connectivity index (χ0n) is 15.7. The van der Waals surface area contributed by atoms with E-state index >= 15 is 0 Å². The molecule has 0 spiro atoms. The Hall–Kier alpha value is -2.12. The van der Waals surface area contributed by atoms with Crippen molar-refractivity contribution in [2.24, 2.45) is 4.99 Å². The lowest BCUT2D eigenvalue weighted by Crippen LogP contribution is -2.38. The minimum Gasteiger partial charge on any atom is -0.357 e. The Morgan fingerprint density at radius 3 is 2.70 bits per heavy atom. The van der Waals surface area contributed by atoms with Crippen LogP contribution < -0.4 is 16.0 Å². The van der Waals surface area contributed by atoms with Gasteiger partial charge in [0.1, 0.15) is 0 Å². The number of carbonyl (C=O) groups is 1. The van der Waals surface area contributed by atoms with Gasteiger partial charge in [-0.1, -0.05) is 11.6 Å². The van der Waals surface area contributed by atoms with Crippen molar-refractivity contribution in [3.8, 4) is 0 Å². The van der Waals surface area contributed by atoms with Crippen molar-refractivity contribution in [3.63, 3.8) is 0 Å². The van der Waals surface area contributed by atoms with Gasteiger partial charge in [0, 0.05) is 54.3 Å². The van der Waals surface area contributed by atoms with Crippen molar-refractivity contribution in [3.05, 3.63) is 45.4 Å². The second-order valence-corrected chi connectivity index (χ2v) is 7.72. The molecule has 0 atom stereocenters. The highest BCUT2D eigenvalue weighted by molar-refractivity contribution is 7.11. The number of amides is 1. The first-order valence-corrected chi connectivity index (χ1v) is 10.2. The van der Waals surface area contributed by atoms with Crippen molar-refractivity contribution in [2.45, 2.75) is 33.1 Å².